The highest BCUT2D eigenvalue weighted by Crippen LogP contribution is 2.35. The SMILES string of the molecule is OC1CCc2c(F)cc(C(F)F)cc21. The van der Waals surface area contributed by atoms with E-state index in [1.165, 1.54) is 6.07 Å². The van der Waals surface area contributed by atoms with Crippen LogP contribution in [0.2, 0.25) is 0 Å². The Morgan fingerprint density at radius 1 is 1.36 bits per heavy atom. The molecular weight excluding hydrogens is 193 g/mol. The summed E-state index contributed by atoms with van der Waals surface area (Å²) in [5.74, 6) is -0.630. The van der Waals surface area contributed by atoms with E-state index in [2.05, 4.69) is 0 Å². The van der Waals surface area contributed by atoms with Crippen LogP contribution in [0.3, 0.4) is 0 Å². The number of rotatable bonds is 1. The molecule has 0 radical (unpaired) electrons. The zero-order valence-electron chi connectivity index (χ0n) is 7.30. The van der Waals surface area contributed by atoms with E-state index in [9.17, 15) is 18.3 Å². The molecule has 0 bridgehead atoms. The monoisotopic (exact) mass is 202 g/mol. The van der Waals surface area contributed by atoms with Gasteiger partial charge in [-0.05, 0) is 36.1 Å². The van der Waals surface area contributed by atoms with Gasteiger partial charge in [-0.15, -0.1) is 0 Å². The molecule has 1 nitrogen and oxygen atoms in total. The molecule has 1 aliphatic rings. The maximum absolute atomic E-state index is 13.2. The summed E-state index contributed by atoms with van der Waals surface area (Å²) in [6.45, 7) is 0. The van der Waals surface area contributed by atoms with Crippen molar-refractivity contribution < 1.29 is 18.3 Å². The summed E-state index contributed by atoms with van der Waals surface area (Å²) in [5.41, 5.74) is 0.337. The molecule has 1 aromatic rings. The largest absolute Gasteiger partial charge is 0.388 e. The first-order valence-corrected chi connectivity index (χ1v) is 4.38. The van der Waals surface area contributed by atoms with Crippen LogP contribution in [-0.2, 0) is 6.42 Å². The van der Waals surface area contributed by atoms with Crippen molar-refractivity contribution in [2.75, 3.05) is 0 Å². The molecule has 1 N–H and O–H groups in total. The van der Waals surface area contributed by atoms with Gasteiger partial charge in [0.1, 0.15) is 5.82 Å². The Labute approximate surface area is 79.2 Å². The van der Waals surface area contributed by atoms with Crippen LogP contribution in [0.25, 0.3) is 0 Å². The molecule has 0 heterocycles. The Balaban J connectivity index is 2.52. The minimum atomic E-state index is -2.69. The normalized spacial score (nSPS) is 20.2. The van der Waals surface area contributed by atoms with Crippen molar-refractivity contribution in [1.29, 1.82) is 0 Å². The van der Waals surface area contributed by atoms with Crippen molar-refractivity contribution in [3.63, 3.8) is 0 Å². The van der Waals surface area contributed by atoms with Gasteiger partial charge in [-0.1, -0.05) is 0 Å². The number of benzene rings is 1. The second-order valence-corrected chi connectivity index (χ2v) is 3.43. The van der Waals surface area contributed by atoms with Gasteiger partial charge in [-0.2, -0.15) is 0 Å². The summed E-state index contributed by atoms with van der Waals surface area (Å²) in [6, 6.07) is 2.04. The highest BCUT2D eigenvalue weighted by Gasteiger charge is 2.25. The molecule has 0 spiro atoms. The molecule has 14 heavy (non-hydrogen) atoms. The van der Waals surface area contributed by atoms with Crippen molar-refractivity contribution >= 4 is 0 Å². The first-order valence-electron chi connectivity index (χ1n) is 4.38. The molecule has 4 heteroatoms. The van der Waals surface area contributed by atoms with E-state index in [4.69, 9.17) is 0 Å². The van der Waals surface area contributed by atoms with Crippen molar-refractivity contribution in [3.05, 3.63) is 34.6 Å². The number of aliphatic hydroxyl groups is 1. The van der Waals surface area contributed by atoms with Gasteiger partial charge in [0.05, 0.1) is 6.10 Å². The fraction of sp³-hybridized carbons (Fsp3) is 0.400. The highest BCUT2D eigenvalue weighted by atomic mass is 19.3. The number of hydrogen-bond donors (Lipinski definition) is 1. The van der Waals surface area contributed by atoms with E-state index < -0.39 is 18.3 Å². The number of fused-ring (bicyclic) bond motifs is 1. The number of hydrogen-bond acceptors (Lipinski definition) is 1. The zero-order valence-corrected chi connectivity index (χ0v) is 7.30. The lowest BCUT2D eigenvalue weighted by Crippen LogP contribution is -1.96. The summed E-state index contributed by atoms with van der Waals surface area (Å²) in [6.07, 6.45) is -2.65. The van der Waals surface area contributed by atoms with Crippen molar-refractivity contribution in [3.8, 4) is 0 Å². The van der Waals surface area contributed by atoms with Crippen molar-refractivity contribution in [2.24, 2.45) is 0 Å². The van der Waals surface area contributed by atoms with Crippen molar-refractivity contribution in [1.82, 2.24) is 0 Å². The first-order chi connectivity index (χ1) is 6.59. The average molecular weight is 202 g/mol. The number of halogens is 3. The molecule has 0 saturated heterocycles. The van der Waals surface area contributed by atoms with Gasteiger partial charge < -0.3 is 5.11 Å². The fourth-order valence-electron chi connectivity index (χ4n) is 1.80. The van der Waals surface area contributed by atoms with E-state index in [1.54, 1.807) is 0 Å². The molecular formula is C10H9F3O. The Morgan fingerprint density at radius 3 is 2.71 bits per heavy atom. The number of alkyl halides is 2. The van der Waals surface area contributed by atoms with Gasteiger partial charge in [-0.25, -0.2) is 13.2 Å². The average Bonchev–Trinajstić information content (AvgIpc) is 2.48. The maximum Gasteiger partial charge on any atom is 0.263 e. The van der Waals surface area contributed by atoms with Crippen LogP contribution in [0.5, 0.6) is 0 Å². The van der Waals surface area contributed by atoms with E-state index in [1.807, 2.05) is 0 Å². The van der Waals surface area contributed by atoms with Crippen molar-refractivity contribution in [2.45, 2.75) is 25.4 Å². The minimum Gasteiger partial charge on any atom is -0.388 e. The molecule has 76 valence electrons. The summed E-state index contributed by atoms with van der Waals surface area (Å²) >= 11 is 0. The van der Waals surface area contributed by atoms with Crippen LogP contribution >= 0.6 is 0 Å². The second-order valence-electron chi connectivity index (χ2n) is 3.43. The molecule has 0 amide bonds. The molecule has 1 aromatic carbocycles. The molecule has 0 saturated carbocycles. The molecule has 0 aliphatic heterocycles. The van der Waals surface area contributed by atoms with E-state index in [-0.39, 0.29) is 5.56 Å². The summed E-state index contributed by atoms with van der Waals surface area (Å²) < 4.78 is 37.8. The Bertz CT molecular complexity index is 363. The van der Waals surface area contributed by atoms with E-state index in [0.717, 1.165) is 6.07 Å². The lowest BCUT2D eigenvalue weighted by atomic mass is 10.0. The molecule has 0 aromatic heterocycles. The fourth-order valence-corrected chi connectivity index (χ4v) is 1.80. The van der Waals surface area contributed by atoms with Gasteiger partial charge in [0.25, 0.3) is 6.43 Å². The number of aliphatic hydroxyl groups excluding tert-OH is 1. The quantitative estimate of drug-likeness (QED) is 0.742. The van der Waals surface area contributed by atoms with Crippen LogP contribution < -0.4 is 0 Å². The topological polar surface area (TPSA) is 20.2 Å². The Hall–Kier alpha value is -1.03. The molecule has 1 unspecified atom stereocenters. The Morgan fingerprint density at radius 2 is 2.07 bits per heavy atom. The van der Waals surface area contributed by atoms with Gasteiger partial charge >= 0.3 is 0 Å². The third-order valence-electron chi connectivity index (χ3n) is 2.53. The van der Waals surface area contributed by atoms with Crippen LogP contribution in [0.15, 0.2) is 12.1 Å². The molecule has 1 aliphatic carbocycles. The standard InChI is InChI=1S/C10H9F3O/c11-8-4-5(10(12)13)3-7-6(8)1-2-9(7)14/h3-4,9-10,14H,1-2H2. The third kappa shape index (κ3) is 1.39. The first kappa shape index (κ1) is 9.52. The summed E-state index contributed by atoms with van der Waals surface area (Å²) in [5, 5.41) is 9.40. The lowest BCUT2D eigenvalue weighted by Gasteiger charge is -2.07. The molecule has 2 rings (SSSR count). The van der Waals surface area contributed by atoms with Crippen LogP contribution in [0, 0.1) is 5.82 Å². The summed E-state index contributed by atoms with van der Waals surface area (Å²) in [7, 11) is 0. The minimum absolute atomic E-state index is 0.320. The van der Waals surface area contributed by atoms with Crippen LogP contribution in [-0.4, -0.2) is 5.11 Å². The maximum atomic E-state index is 13.2. The van der Waals surface area contributed by atoms with Crippen LogP contribution in [0.4, 0.5) is 13.2 Å². The van der Waals surface area contributed by atoms with Gasteiger partial charge in [-0.3, -0.25) is 0 Å². The smallest absolute Gasteiger partial charge is 0.263 e. The van der Waals surface area contributed by atoms with Gasteiger partial charge in [0, 0.05) is 5.56 Å². The zero-order chi connectivity index (χ0) is 10.3. The van der Waals surface area contributed by atoms with E-state index in [0.29, 0.717) is 24.0 Å². The van der Waals surface area contributed by atoms with Gasteiger partial charge in [0.15, 0.2) is 0 Å². The van der Waals surface area contributed by atoms with E-state index >= 15 is 0 Å². The predicted octanol–water partition coefficient (Wildman–Crippen LogP) is 2.74. The third-order valence-corrected chi connectivity index (χ3v) is 2.53. The highest BCUT2D eigenvalue weighted by molar-refractivity contribution is 5.38. The summed E-state index contributed by atoms with van der Waals surface area (Å²) in [4.78, 5) is 0. The second kappa shape index (κ2) is 3.28. The van der Waals surface area contributed by atoms with Gasteiger partial charge in [0.2, 0.25) is 0 Å². The lowest BCUT2D eigenvalue weighted by molar-refractivity contribution is 0.149. The molecule has 0 fully saturated rings. The Kier molecular flexibility index (Phi) is 2.23. The predicted molar refractivity (Wildman–Crippen MR) is 44.6 cm³/mol. The van der Waals surface area contributed by atoms with Crippen LogP contribution in [0.1, 0.15) is 35.6 Å². The molecule has 1 atom stereocenters.